The number of ether oxygens (including phenoxy) is 1. The van der Waals surface area contributed by atoms with Gasteiger partial charge in [0, 0.05) is 25.2 Å². The molecule has 2 atom stereocenters. The SMILES string of the molecule is COc1ccccc1N1CC(CC(C)C)NCC1C. The highest BCUT2D eigenvalue weighted by molar-refractivity contribution is 5.59. The van der Waals surface area contributed by atoms with Crippen LogP contribution in [0.15, 0.2) is 24.3 Å². The van der Waals surface area contributed by atoms with Gasteiger partial charge in [-0.25, -0.2) is 0 Å². The Hall–Kier alpha value is -1.22. The van der Waals surface area contributed by atoms with E-state index in [0.717, 1.165) is 24.8 Å². The Balaban J connectivity index is 2.16. The first-order valence-corrected chi connectivity index (χ1v) is 7.25. The topological polar surface area (TPSA) is 24.5 Å². The highest BCUT2D eigenvalue weighted by atomic mass is 16.5. The summed E-state index contributed by atoms with van der Waals surface area (Å²) in [6.07, 6.45) is 1.22. The predicted octanol–water partition coefficient (Wildman–Crippen LogP) is 2.91. The van der Waals surface area contributed by atoms with E-state index >= 15 is 0 Å². The lowest BCUT2D eigenvalue weighted by Gasteiger charge is -2.41. The zero-order valence-electron chi connectivity index (χ0n) is 12.5. The summed E-state index contributed by atoms with van der Waals surface area (Å²) >= 11 is 0. The van der Waals surface area contributed by atoms with Crippen LogP contribution < -0.4 is 15.0 Å². The van der Waals surface area contributed by atoms with Gasteiger partial charge in [0.05, 0.1) is 12.8 Å². The van der Waals surface area contributed by atoms with Crippen LogP contribution in [0, 0.1) is 5.92 Å². The van der Waals surface area contributed by atoms with Crippen molar-refractivity contribution in [1.82, 2.24) is 5.32 Å². The smallest absolute Gasteiger partial charge is 0.142 e. The zero-order valence-corrected chi connectivity index (χ0v) is 12.5. The summed E-state index contributed by atoms with van der Waals surface area (Å²) in [5, 5.41) is 3.65. The highest BCUT2D eigenvalue weighted by Crippen LogP contribution is 2.30. The van der Waals surface area contributed by atoms with Crippen LogP contribution >= 0.6 is 0 Å². The van der Waals surface area contributed by atoms with Crippen molar-refractivity contribution in [3.05, 3.63) is 24.3 Å². The molecule has 0 aromatic heterocycles. The average molecular weight is 262 g/mol. The number of piperazine rings is 1. The fourth-order valence-corrected chi connectivity index (χ4v) is 2.86. The van der Waals surface area contributed by atoms with Gasteiger partial charge < -0.3 is 15.0 Å². The minimum absolute atomic E-state index is 0.500. The van der Waals surface area contributed by atoms with Gasteiger partial charge in [0.1, 0.15) is 5.75 Å². The third kappa shape index (κ3) is 3.41. The summed E-state index contributed by atoms with van der Waals surface area (Å²) in [4.78, 5) is 2.47. The van der Waals surface area contributed by atoms with Gasteiger partial charge in [0.2, 0.25) is 0 Å². The van der Waals surface area contributed by atoms with Gasteiger partial charge in [-0.05, 0) is 31.4 Å². The van der Waals surface area contributed by atoms with Crippen LogP contribution in [-0.2, 0) is 0 Å². The van der Waals surface area contributed by atoms with Crippen LogP contribution in [0.2, 0.25) is 0 Å². The number of methoxy groups -OCH3 is 1. The zero-order chi connectivity index (χ0) is 13.8. The molecule has 1 aliphatic rings. The van der Waals surface area contributed by atoms with Crippen molar-refractivity contribution in [2.75, 3.05) is 25.1 Å². The van der Waals surface area contributed by atoms with E-state index in [4.69, 9.17) is 4.74 Å². The molecule has 2 rings (SSSR count). The first kappa shape index (κ1) is 14.2. The van der Waals surface area contributed by atoms with Gasteiger partial charge in [-0.15, -0.1) is 0 Å². The Bertz CT molecular complexity index is 405. The van der Waals surface area contributed by atoms with Crippen molar-refractivity contribution in [2.45, 2.75) is 39.3 Å². The van der Waals surface area contributed by atoms with E-state index in [1.165, 1.54) is 12.1 Å². The highest BCUT2D eigenvalue weighted by Gasteiger charge is 2.27. The molecular formula is C16H26N2O. The Morgan fingerprint density at radius 3 is 2.79 bits per heavy atom. The third-order valence-electron chi connectivity index (χ3n) is 3.80. The summed E-state index contributed by atoms with van der Waals surface area (Å²) in [5.74, 6) is 1.70. The van der Waals surface area contributed by atoms with Crippen LogP contribution in [0.5, 0.6) is 5.75 Å². The molecule has 2 unspecified atom stereocenters. The van der Waals surface area contributed by atoms with Crippen LogP contribution in [0.3, 0.4) is 0 Å². The predicted molar refractivity (Wildman–Crippen MR) is 81.0 cm³/mol. The van der Waals surface area contributed by atoms with Gasteiger partial charge in [-0.3, -0.25) is 0 Å². The molecule has 3 heteroatoms. The monoisotopic (exact) mass is 262 g/mol. The molecular weight excluding hydrogens is 236 g/mol. The first-order chi connectivity index (χ1) is 9.11. The Morgan fingerprint density at radius 1 is 1.37 bits per heavy atom. The van der Waals surface area contributed by atoms with Crippen LogP contribution in [0.25, 0.3) is 0 Å². The Morgan fingerprint density at radius 2 is 2.11 bits per heavy atom. The normalized spacial score (nSPS) is 23.7. The van der Waals surface area contributed by atoms with Crippen molar-refractivity contribution in [2.24, 2.45) is 5.92 Å². The molecule has 0 amide bonds. The van der Waals surface area contributed by atoms with Gasteiger partial charge >= 0.3 is 0 Å². The number of hydrogen-bond donors (Lipinski definition) is 1. The fourth-order valence-electron chi connectivity index (χ4n) is 2.86. The second-order valence-electron chi connectivity index (χ2n) is 5.91. The van der Waals surface area contributed by atoms with Crippen LogP contribution in [-0.4, -0.2) is 32.3 Å². The van der Waals surface area contributed by atoms with Gasteiger partial charge in [-0.1, -0.05) is 26.0 Å². The molecule has 1 N–H and O–H groups in total. The third-order valence-corrected chi connectivity index (χ3v) is 3.80. The maximum Gasteiger partial charge on any atom is 0.142 e. The Labute approximate surface area is 116 Å². The van der Waals surface area contributed by atoms with E-state index in [0.29, 0.717) is 12.1 Å². The number of nitrogens with one attached hydrogen (secondary N) is 1. The van der Waals surface area contributed by atoms with Crippen molar-refractivity contribution < 1.29 is 4.74 Å². The molecule has 1 fully saturated rings. The maximum absolute atomic E-state index is 5.50. The summed E-state index contributed by atoms with van der Waals surface area (Å²) in [5.41, 5.74) is 1.22. The molecule has 0 aliphatic carbocycles. The molecule has 0 radical (unpaired) electrons. The molecule has 1 aromatic carbocycles. The average Bonchev–Trinajstić information content (AvgIpc) is 2.40. The minimum atomic E-state index is 0.500. The van der Waals surface area contributed by atoms with Gasteiger partial charge in [0.25, 0.3) is 0 Å². The van der Waals surface area contributed by atoms with E-state index in [1.54, 1.807) is 7.11 Å². The molecule has 1 saturated heterocycles. The van der Waals surface area contributed by atoms with Crippen molar-refractivity contribution in [3.63, 3.8) is 0 Å². The quantitative estimate of drug-likeness (QED) is 0.903. The second kappa shape index (κ2) is 6.29. The lowest BCUT2D eigenvalue weighted by molar-refractivity contribution is 0.351. The summed E-state index contributed by atoms with van der Waals surface area (Å²) in [7, 11) is 1.75. The molecule has 1 heterocycles. The van der Waals surface area contributed by atoms with Crippen LogP contribution in [0.4, 0.5) is 5.69 Å². The maximum atomic E-state index is 5.50. The molecule has 106 valence electrons. The van der Waals surface area contributed by atoms with E-state index in [-0.39, 0.29) is 0 Å². The van der Waals surface area contributed by atoms with Crippen molar-refractivity contribution in [1.29, 1.82) is 0 Å². The molecule has 0 saturated carbocycles. The van der Waals surface area contributed by atoms with Gasteiger partial charge in [0.15, 0.2) is 0 Å². The number of benzene rings is 1. The van der Waals surface area contributed by atoms with Crippen molar-refractivity contribution in [3.8, 4) is 5.75 Å². The lowest BCUT2D eigenvalue weighted by atomic mass is 9.99. The van der Waals surface area contributed by atoms with Gasteiger partial charge in [-0.2, -0.15) is 0 Å². The van der Waals surface area contributed by atoms with E-state index < -0.39 is 0 Å². The molecule has 1 aromatic rings. The molecule has 0 bridgehead atoms. The molecule has 3 nitrogen and oxygen atoms in total. The van der Waals surface area contributed by atoms with E-state index in [1.807, 2.05) is 12.1 Å². The largest absolute Gasteiger partial charge is 0.495 e. The molecule has 0 spiro atoms. The standard InChI is InChI=1S/C16H26N2O/c1-12(2)9-14-11-18(13(3)10-17-14)15-7-5-6-8-16(15)19-4/h5-8,12-14,17H,9-11H2,1-4H3. The summed E-state index contributed by atoms with van der Waals surface area (Å²) < 4.78 is 5.50. The summed E-state index contributed by atoms with van der Waals surface area (Å²) in [6.45, 7) is 8.93. The number of nitrogens with zero attached hydrogens (tertiary/aromatic N) is 1. The summed E-state index contributed by atoms with van der Waals surface area (Å²) in [6, 6.07) is 9.39. The molecule has 19 heavy (non-hydrogen) atoms. The van der Waals surface area contributed by atoms with Crippen molar-refractivity contribution >= 4 is 5.69 Å². The van der Waals surface area contributed by atoms with Crippen LogP contribution in [0.1, 0.15) is 27.2 Å². The number of rotatable bonds is 4. The minimum Gasteiger partial charge on any atom is -0.495 e. The second-order valence-corrected chi connectivity index (χ2v) is 5.91. The Kier molecular flexibility index (Phi) is 4.70. The first-order valence-electron chi connectivity index (χ1n) is 7.25. The van der Waals surface area contributed by atoms with E-state index in [9.17, 15) is 0 Å². The lowest BCUT2D eigenvalue weighted by Crippen LogP contribution is -2.56. The number of para-hydroxylation sites is 2. The molecule has 1 aliphatic heterocycles. The number of anilines is 1. The van der Waals surface area contributed by atoms with E-state index in [2.05, 4.69) is 43.1 Å². The fraction of sp³-hybridized carbons (Fsp3) is 0.625. The number of hydrogen-bond acceptors (Lipinski definition) is 3.